The first-order chi connectivity index (χ1) is 13.1. The Morgan fingerprint density at radius 2 is 1.75 bits per heavy atom. The van der Waals surface area contributed by atoms with Gasteiger partial charge in [-0.3, -0.25) is 9.10 Å². The average Bonchev–Trinajstić information content (AvgIpc) is 2.60. The molecule has 0 aromatic heterocycles. The third kappa shape index (κ3) is 5.99. The number of rotatable bonds is 8. The summed E-state index contributed by atoms with van der Waals surface area (Å²) in [4.78, 5) is 12.4. The summed E-state index contributed by atoms with van der Waals surface area (Å²) >= 11 is 0. The molecule has 0 bridgehead atoms. The number of ether oxygens (including phenoxy) is 1. The Hall–Kier alpha value is -2.54. The highest BCUT2D eigenvalue weighted by molar-refractivity contribution is 7.92. The number of nitrogens with zero attached hydrogens (tertiary/aromatic N) is 1. The van der Waals surface area contributed by atoms with E-state index in [-0.39, 0.29) is 18.5 Å². The van der Waals surface area contributed by atoms with E-state index >= 15 is 0 Å². The second-order valence-corrected chi connectivity index (χ2v) is 8.99. The van der Waals surface area contributed by atoms with Crippen LogP contribution >= 0.6 is 0 Å². The van der Waals surface area contributed by atoms with E-state index in [1.807, 2.05) is 58.0 Å². The second-order valence-electron chi connectivity index (χ2n) is 7.08. The zero-order valence-corrected chi connectivity index (χ0v) is 17.8. The number of para-hydroxylation sites is 1. The molecule has 0 saturated carbocycles. The molecule has 28 heavy (non-hydrogen) atoms. The van der Waals surface area contributed by atoms with Crippen molar-refractivity contribution in [1.29, 1.82) is 0 Å². The van der Waals surface area contributed by atoms with Crippen molar-refractivity contribution in [3.05, 3.63) is 59.2 Å². The van der Waals surface area contributed by atoms with Gasteiger partial charge in [-0.15, -0.1) is 0 Å². The SMILES string of the molecule is Cc1ccc(N(CC(=O)N[C@H](C)COc2ccccc2C)S(C)(=O)=O)cc1C. The summed E-state index contributed by atoms with van der Waals surface area (Å²) < 4.78 is 31.3. The molecule has 0 heterocycles. The van der Waals surface area contributed by atoms with Crippen molar-refractivity contribution in [3.63, 3.8) is 0 Å². The standard InChI is InChI=1S/C21H28N2O4S/c1-15-10-11-19(12-17(15)3)23(28(5,25)26)13-21(24)22-18(4)14-27-20-9-7-6-8-16(20)2/h6-12,18H,13-14H2,1-5H3,(H,22,24)/t18-/m1/s1. The van der Waals surface area contributed by atoms with Crippen LogP contribution in [0, 0.1) is 20.8 Å². The van der Waals surface area contributed by atoms with E-state index in [0.717, 1.165) is 33.0 Å². The highest BCUT2D eigenvalue weighted by Gasteiger charge is 2.22. The van der Waals surface area contributed by atoms with Gasteiger partial charge in [0.05, 0.1) is 18.0 Å². The van der Waals surface area contributed by atoms with Crippen LogP contribution in [0.3, 0.4) is 0 Å². The minimum Gasteiger partial charge on any atom is -0.491 e. The van der Waals surface area contributed by atoms with Crippen LogP contribution in [0.5, 0.6) is 5.75 Å². The molecule has 2 aromatic rings. The van der Waals surface area contributed by atoms with Crippen molar-refractivity contribution in [1.82, 2.24) is 5.32 Å². The van der Waals surface area contributed by atoms with Gasteiger partial charge in [-0.25, -0.2) is 8.42 Å². The number of carbonyl (C=O) groups is 1. The lowest BCUT2D eigenvalue weighted by Gasteiger charge is -2.24. The molecule has 2 rings (SSSR count). The summed E-state index contributed by atoms with van der Waals surface area (Å²) in [7, 11) is -3.60. The summed E-state index contributed by atoms with van der Waals surface area (Å²) in [5.41, 5.74) is 3.51. The molecule has 0 fully saturated rings. The largest absolute Gasteiger partial charge is 0.491 e. The van der Waals surface area contributed by atoms with Gasteiger partial charge in [0.1, 0.15) is 18.9 Å². The summed E-state index contributed by atoms with van der Waals surface area (Å²) in [6, 6.07) is 12.7. The molecule has 6 nitrogen and oxygen atoms in total. The maximum absolute atomic E-state index is 12.4. The molecule has 0 aliphatic carbocycles. The molecule has 7 heteroatoms. The summed E-state index contributed by atoms with van der Waals surface area (Å²) in [5, 5.41) is 2.80. The highest BCUT2D eigenvalue weighted by atomic mass is 32.2. The minimum absolute atomic E-state index is 0.270. The van der Waals surface area contributed by atoms with Gasteiger partial charge in [0, 0.05) is 0 Å². The van der Waals surface area contributed by atoms with Crippen molar-refractivity contribution >= 4 is 21.6 Å². The van der Waals surface area contributed by atoms with Crippen LogP contribution in [0.15, 0.2) is 42.5 Å². The fourth-order valence-corrected chi connectivity index (χ4v) is 3.55. The van der Waals surface area contributed by atoms with E-state index in [0.29, 0.717) is 12.3 Å². The maximum atomic E-state index is 12.4. The number of hydrogen-bond acceptors (Lipinski definition) is 4. The van der Waals surface area contributed by atoms with E-state index in [4.69, 9.17) is 4.74 Å². The molecule has 2 aromatic carbocycles. The highest BCUT2D eigenvalue weighted by Crippen LogP contribution is 2.21. The smallest absolute Gasteiger partial charge is 0.241 e. The number of nitrogens with one attached hydrogen (secondary N) is 1. The van der Waals surface area contributed by atoms with Gasteiger partial charge >= 0.3 is 0 Å². The molecular weight excluding hydrogens is 376 g/mol. The van der Waals surface area contributed by atoms with Crippen LogP contribution in [0.4, 0.5) is 5.69 Å². The number of aryl methyl sites for hydroxylation is 3. The maximum Gasteiger partial charge on any atom is 0.241 e. The Morgan fingerprint density at radius 3 is 2.36 bits per heavy atom. The lowest BCUT2D eigenvalue weighted by atomic mass is 10.1. The van der Waals surface area contributed by atoms with E-state index in [1.165, 1.54) is 0 Å². The number of benzene rings is 2. The molecule has 0 aliphatic rings. The van der Waals surface area contributed by atoms with Gasteiger partial charge in [0.25, 0.3) is 0 Å². The Labute approximate surface area is 167 Å². The second kappa shape index (κ2) is 9.10. The molecule has 0 unspecified atom stereocenters. The molecule has 152 valence electrons. The van der Waals surface area contributed by atoms with Crippen molar-refractivity contribution in [2.45, 2.75) is 33.7 Å². The monoisotopic (exact) mass is 404 g/mol. The molecule has 0 spiro atoms. The lowest BCUT2D eigenvalue weighted by Crippen LogP contribution is -2.45. The quantitative estimate of drug-likeness (QED) is 0.734. The molecule has 1 N–H and O–H groups in total. The average molecular weight is 405 g/mol. The summed E-state index contributed by atoms with van der Waals surface area (Å²) in [6.45, 7) is 7.63. The van der Waals surface area contributed by atoms with Crippen molar-refractivity contribution in [2.24, 2.45) is 0 Å². The summed E-state index contributed by atoms with van der Waals surface area (Å²) in [5.74, 6) is 0.376. The van der Waals surface area contributed by atoms with Crippen molar-refractivity contribution < 1.29 is 17.9 Å². The van der Waals surface area contributed by atoms with E-state index in [2.05, 4.69) is 5.32 Å². The van der Waals surface area contributed by atoms with Crippen LogP contribution in [-0.4, -0.2) is 39.8 Å². The van der Waals surface area contributed by atoms with E-state index in [1.54, 1.807) is 12.1 Å². The first-order valence-corrected chi connectivity index (χ1v) is 11.0. The number of carbonyl (C=O) groups excluding carboxylic acids is 1. The zero-order valence-electron chi connectivity index (χ0n) is 17.0. The molecule has 1 atom stereocenters. The van der Waals surface area contributed by atoms with Gasteiger partial charge in [-0.05, 0) is 62.6 Å². The molecule has 0 aliphatic heterocycles. The Bertz CT molecular complexity index is 941. The summed E-state index contributed by atoms with van der Waals surface area (Å²) in [6.07, 6.45) is 1.10. The van der Waals surface area contributed by atoms with Crippen molar-refractivity contribution in [3.8, 4) is 5.75 Å². The zero-order chi connectivity index (χ0) is 20.9. The van der Waals surface area contributed by atoms with E-state index in [9.17, 15) is 13.2 Å². The molecule has 0 saturated heterocycles. The fraction of sp³-hybridized carbons (Fsp3) is 0.381. The normalized spacial score (nSPS) is 12.3. The number of sulfonamides is 1. The van der Waals surface area contributed by atoms with Crippen LogP contribution in [0.1, 0.15) is 23.6 Å². The fourth-order valence-electron chi connectivity index (χ4n) is 2.71. The first-order valence-electron chi connectivity index (χ1n) is 9.10. The third-order valence-electron chi connectivity index (χ3n) is 4.46. The van der Waals surface area contributed by atoms with E-state index < -0.39 is 10.0 Å². The first kappa shape index (κ1) is 21.8. The Morgan fingerprint density at radius 1 is 1.07 bits per heavy atom. The van der Waals surface area contributed by atoms with Crippen LogP contribution < -0.4 is 14.4 Å². The van der Waals surface area contributed by atoms with Crippen LogP contribution in [0.25, 0.3) is 0 Å². The van der Waals surface area contributed by atoms with Gasteiger partial charge in [0.15, 0.2) is 0 Å². The van der Waals surface area contributed by atoms with Gasteiger partial charge in [0.2, 0.25) is 15.9 Å². The van der Waals surface area contributed by atoms with Crippen molar-refractivity contribution in [2.75, 3.05) is 23.7 Å². The minimum atomic E-state index is -3.60. The Balaban J connectivity index is 2.01. The van der Waals surface area contributed by atoms with Gasteiger partial charge in [-0.2, -0.15) is 0 Å². The number of anilines is 1. The predicted octanol–water partition coefficient (Wildman–Crippen LogP) is 2.96. The topological polar surface area (TPSA) is 75.7 Å². The number of amides is 1. The number of hydrogen-bond donors (Lipinski definition) is 1. The van der Waals surface area contributed by atoms with Gasteiger partial charge in [-0.1, -0.05) is 24.3 Å². The van der Waals surface area contributed by atoms with Crippen LogP contribution in [-0.2, 0) is 14.8 Å². The molecule has 1 amide bonds. The third-order valence-corrected chi connectivity index (χ3v) is 5.60. The Kier molecular flexibility index (Phi) is 7.07. The molecular formula is C21H28N2O4S. The van der Waals surface area contributed by atoms with Crippen LogP contribution in [0.2, 0.25) is 0 Å². The lowest BCUT2D eigenvalue weighted by molar-refractivity contribution is -0.120. The molecule has 0 radical (unpaired) electrons. The predicted molar refractivity (Wildman–Crippen MR) is 112 cm³/mol. The van der Waals surface area contributed by atoms with Gasteiger partial charge < -0.3 is 10.1 Å².